The van der Waals surface area contributed by atoms with E-state index in [1.54, 1.807) is 0 Å². The van der Waals surface area contributed by atoms with Crippen LogP contribution in [0.1, 0.15) is 40.0 Å². The Hall–Kier alpha value is -0.610. The van der Waals surface area contributed by atoms with Gasteiger partial charge in [-0.1, -0.05) is 6.92 Å². The summed E-state index contributed by atoms with van der Waals surface area (Å²) in [5, 5.41) is 0. The molecular formula is C14H29N3O. The molecule has 1 rings (SSSR count). The maximum Gasteiger partial charge on any atom is 0.222 e. The summed E-state index contributed by atoms with van der Waals surface area (Å²) in [6.07, 6.45) is 2.77. The first-order valence-electron chi connectivity index (χ1n) is 7.15. The van der Waals surface area contributed by atoms with Crippen molar-refractivity contribution in [2.45, 2.75) is 52.1 Å². The summed E-state index contributed by atoms with van der Waals surface area (Å²) >= 11 is 0. The van der Waals surface area contributed by atoms with Crippen LogP contribution in [0.15, 0.2) is 0 Å². The van der Waals surface area contributed by atoms with E-state index >= 15 is 0 Å². The first-order chi connectivity index (χ1) is 8.45. The minimum absolute atomic E-state index is 0.246. The summed E-state index contributed by atoms with van der Waals surface area (Å²) in [6.45, 7) is 9.30. The van der Waals surface area contributed by atoms with Crippen LogP contribution in [0.25, 0.3) is 0 Å². The molecule has 0 spiro atoms. The van der Waals surface area contributed by atoms with Gasteiger partial charge in [-0.3, -0.25) is 4.79 Å². The molecule has 106 valence electrons. The standard InChI is InChI=1S/C14H29N3O/c1-11(2)17-7-5-13(6-8-17)16(4)14(18)9-12(3)10-15/h11-13H,5-10,15H2,1-4H3. The predicted octanol–water partition coefficient (Wildman–Crippen LogP) is 1.30. The van der Waals surface area contributed by atoms with Crippen LogP contribution < -0.4 is 5.73 Å². The quantitative estimate of drug-likeness (QED) is 0.805. The number of nitrogens with zero attached hydrogens (tertiary/aromatic N) is 2. The molecule has 18 heavy (non-hydrogen) atoms. The third kappa shape index (κ3) is 4.25. The average Bonchev–Trinajstić information content (AvgIpc) is 2.37. The number of rotatable bonds is 5. The second-order valence-corrected chi connectivity index (χ2v) is 5.91. The van der Waals surface area contributed by atoms with Crippen molar-refractivity contribution < 1.29 is 4.79 Å². The van der Waals surface area contributed by atoms with Gasteiger partial charge >= 0.3 is 0 Å². The first kappa shape index (κ1) is 15.4. The fourth-order valence-electron chi connectivity index (χ4n) is 2.52. The van der Waals surface area contributed by atoms with Crippen molar-refractivity contribution in [1.82, 2.24) is 9.80 Å². The van der Waals surface area contributed by atoms with Crippen LogP contribution in [0.3, 0.4) is 0 Å². The van der Waals surface area contributed by atoms with E-state index in [0.717, 1.165) is 25.9 Å². The molecule has 0 aromatic rings. The molecule has 0 saturated carbocycles. The average molecular weight is 255 g/mol. The lowest BCUT2D eigenvalue weighted by atomic mass is 10.0. The third-order valence-corrected chi connectivity index (χ3v) is 4.10. The molecule has 1 aliphatic heterocycles. The van der Waals surface area contributed by atoms with Gasteiger partial charge in [0.25, 0.3) is 0 Å². The van der Waals surface area contributed by atoms with Gasteiger partial charge in [0, 0.05) is 38.6 Å². The van der Waals surface area contributed by atoms with Crippen molar-refractivity contribution >= 4 is 5.91 Å². The summed E-state index contributed by atoms with van der Waals surface area (Å²) < 4.78 is 0. The highest BCUT2D eigenvalue weighted by Crippen LogP contribution is 2.18. The van der Waals surface area contributed by atoms with Gasteiger partial charge in [-0.2, -0.15) is 0 Å². The maximum absolute atomic E-state index is 12.1. The summed E-state index contributed by atoms with van der Waals surface area (Å²) in [4.78, 5) is 16.5. The SMILES string of the molecule is CC(CN)CC(=O)N(C)C1CCN(C(C)C)CC1. The molecule has 4 nitrogen and oxygen atoms in total. The molecular weight excluding hydrogens is 226 g/mol. The molecule has 1 unspecified atom stereocenters. The summed E-state index contributed by atoms with van der Waals surface area (Å²) in [7, 11) is 1.95. The number of carbonyl (C=O) groups is 1. The molecule has 1 amide bonds. The Morgan fingerprint density at radius 3 is 2.33 bits per heavy atom. The zero-order chi connectivity index (χ0) is 13.7. The highest BCUT2D eigenvalue weighted by molar-refractivity contribution is 5.76. The Bertz CT molecular complexity index is 260. The Kier molecular flexibility index (Phi) is 6.09. The normalized spacial score (nSPS) is 20.1. The molecule has 1 atom stereocenters. The van der Waals surface area contributed by atoms with E-state index in [1.165, 1.54) is 0 Å². The van der Waals surface area contributed by atoms with Crippen LogP contribution in [-0.4, -0.2) is 54.5 Å². The van der Waals surface area contributed by atoms with Crippen LogP contribution >= 0.6 is 0 Å². The van der Waals surface area contributed by atoms with Gasteiger partial charge in [0.05, 0.1) is 0 Å². The summed E-state index contributed by atoms with van der Waals surface area (Å²) in [6, 6.07) is 1.03. The molecule has 0 aromatic heterocycles. The van der Waals surface area contributed by atoms with Crippen molar-refractivity contribution in [2.75, 3.05) is 26.7 Å². The van der Waals surface area contributed by atoms with Gasteiger partial charge in [0.15, 0.2) is 0 Å². The Balaban J connectivity index is 2.39. The van der Waals surface area contributed by atoms with E-state index in [-0.39, 0.29) is 11.8 Å². The first-order valence-corrected chi connectivity index (χ1v) is 7.15. The van der Waals surface area contributed by atoms with E-state index < -0.39 is 0 Å². The fraction of sp³-hybridized carbons (Fsp3) is 0.929. The number of hydrogen-bond acceptors (Lipinski definition) is 3. The van der Waals surface area contributed by atoms with E-state index in [2.05, 4.69) is 18.7 Å². The zero-order valence-corrected chi connectivity index (χ0v) is 12.4. The van der Waals surface area contributed by atoms with E-state index in [4.69, 9.17) is 5.73 Å². The molecule has 0 radical (unpaired) electrons. The lowest BCUT2D eigenvalue weighted by Gasteiger charge is -2.38. The number of nitrogens with two attached hydrogens (primary N) is 1. The monoisotopic (exact) mass is 255 g/mol. The van der Waals surface area contributed by atoms with E-state index in [0.29, 0.717) is 25.0 Å². The molecule has 1 fully saturated rings. The highest BCUT2D eigenvalue weighted by atomic mass is 16.2. The fourth-order valence-corrected chi connectivity index (χ4v) is 2.52. The summed E-state index contributed by atoms with van der Waals surface area (Å²) in [5.74, 6) is 0.534. The number of piperidine rings is 1. The molecule has 1 saturated heterocycles. The van der Waals surface area contributed by atoms with Crippen LogP contribution in [0.2, 0.25) is 0 Å². The van der Waals surface area contributed by atoms with E-state index in [1.807, 2.05) is 18.9 Å². The van der Waals surface area contributed by atoms with Crippen molar-refractivity contribution in [1.29, 1.82) is 0 Å². The highest BCUT2D eigenvalue weighted by Gasteiger charge is 2.26. The van der Waals surface area contributed by atoms with Gasteiger partial charge in [0.2, 0.25) is 5.91 Å². The minimum atomic E-state index is 0.246. The van der Waals surface area contributed by atoms with Crippen LogP contribution in [0.5, 0.6) is 0 Å². The molecule has 4 heteroatoms. The second kappa shape index (κ2) is 7.10. The minimum Gasteiger partial charge on any atom is -0.343 e. The summed E-state index contributed by atoms with van der Waals surface area (Å²) in [5.41, 5.74) is 5.57. The molecule has 0 aliphatic carbocycles. The Labute approximate surface area is 111 Å². The molecule has 0 aromatic carbocycles. The number of likely N-dealkylation sites (tertiary alicyclic amines) is 1. The van der Waals surface area contributed by atoms with Crippen molar-refractivity contribution in [3.63, 3.8) is 0 Å². The van der Waals surface area contributed by atoms with Crippen molar-refractivity contribution in [2.24, 2.45) is 11.7 Å². The zero-order valence-electron chi connectivity index (χ0n) is 12.4. The lowest BCUT2D eigenvalue weighted by molar-refractivity contribution is -0.133. The van der Waals surface area contributed by atoms with Gasteiger partial charge in [-0.15, -0.1) is 0 Å². The van der Waals surface area contributed by atoms with Gasteiger partial charge in [-0.05, 0) is 39.2 Å². The largest absolute Gasteiger partial charge is 0.343 e. The lowest BCUT2D eigenvalue weighted by Crippen LogP contribution is -2.47. The Morgan fingerprint density at radius 2 is 1.89 bits per heavy atom. The van der Waals surface area contributed by atoms with E-state index in [9.17, 15) is 4.79 Å². The molecule has 1 aliphatic rings. The van der Waals surface area contributed by atoms with Crippen LogP contribution in [0.4, 0.5) is 0 Å². The third-order valence-electron chi connectivity index (χ3n) is 4.10. The van der Waals surface area contributed by atoms with Crippen molar-refractivity contribution in [3.05, 3.63) is 0 Å². The predicted molar refractivity (Wildman–Crippen MR) is 75.3 cm³/mol. The van der Waals surface area contributed by atoms with Crippen LogP contribution in [-0.2, 0) is 4.79 Å². The van der Waals surface area contributed by atoms with Gasteiger partial charge in [-0.25, -0.2) is 0 Å². The molecule has 2 N–H and O–H groups in total. The Morgan fingerprint density at radius 1 is 1.33 bits per heavy atom. The molecule has 1 heterocycles. The van der Waals surface area contributed by atoms with Gasteiger partial charge < -0.3 is 15.5 Å². The van der Waals surface area contributed by atoms with Crippen molar-refractivity contribution in [3.8, 4) is 0 Å². The molecule has 0 bridgehead atoms. The topological polar surface area (TPSA) is 49.6 Å². The second-order valence-electron chi connectivity index (χ2n) is 5.91. The smallest absolute Gasteiger partial charge is 0.222 e. The van der Waals surface area contributed by atoms with Crippen LogP contribution in [0, 0.1) is 5.92 Å². The maximum atomic E-state index is 12.1. The van der Waals surface area contributed by atoms with Gasteiger partial charge in [0.1, 0.15) is 0 Å². The number of amides is 1. The number of carbonyl (C=O) groups excluding carboxylic acids is 1. The number of hydrogen-bond donors (Lipinski definition) is 1.